The second-order valence-electron chi connectivity index (χ2n) is 12.4. The number of nitrogens with one attached hydrogen (secondary N) is 3. The van der Waals surface area contributed by atoms with Gasteiger partial charge in [0.1, 0.15) is 12.4 Å². The molecule has 10 heteroatoms. The van der Waals surface area contributed by atoms with Crippen molar-refractivity contribution < 1.29 is 9.59 Å². The molecule has 4 rings (SSSR count). The Balaban J connectivity index is 1.49. The van der Waals surface area contributed by atoms with E-state index in [1.165, 1.54) is 6.33 Å². The first kappa shape index (κ1) is 27.3. The van der Waals surface area contributed by atoms with Crippen molar-refractivity contribution in [3.05, 3.63) is 18.1 Å². The highest BCUT2D eigenvalue weighted by Crippen LogP contribution is 2.31. The van der Waals surface area contributed by atoms with Gasteiger partial charge in [0.25, 0.3) is 0 Å². The van der Waals surface area contributed by atoms with Crippen molar-refractivity contribution in [2.24, 2.45) is 0 Å². The van der Waals surface area contributed by atoms with Gasteiger partial charge in [0.15, 0.2) is 5.65 Å². The van der Waals surface area contributed by atoms with Crippen molar-refractivity contribution in [1.82, 2.24) is 35.1 Å². The van der Waals surface area contributed by atoms with Gasteiger partial charge >= 0.3 is 0 Å². The van der Waals surface area contributed by atoms with Crippen molar-refractivity contribution >= 4 is 23.4 Å². The molecule has 2 aromatic rings. The summed E-state index contributed by atoms with van der Waals surface area (Å²) in [5.74, 6) is 0.518. The third-order valence-corrected chi connectivity index (χ3v) is 7.61. The van der Waals surface area contributed by atoms with Crippen LogP contribution in [-0.2, 0) is 15.0 Å². The molecule has 37 heavy (non-hydrogen) atoms. The van der Waals surface area contributed by atoms with Gasteiger partial charge in [0, 0.05) is 36.5 Å². The van der Waals surface area contributed by atoms with Crippen molar-refractivity contribution in [3.8, 4) is 0 Å². The molecule has 1 saturated heterocycles. The van der Waals surface area contributed by atoms with Gasteiger partial charge in [-0.25, -0.2) is 9.97 Å². The molecule has 204 valence electrons. The minimum Gasteiger partial charge on any atom is -0.351 e. The third-order valence-electron chi connectivity index (χ3n) is 7.61. The van der Waals surface area contributed by atoms with E-state index in [4.69, 9.17) is 5.10 Å². The molecule has 2 fully saturated rings. The van der Waals surface area contributed by atoms with Crippen LogP contribution in [0.25, 0.3) is 5.65 Å². The summed E-state index contributed by atoms with van der Waals surface area (Å²) in [7, 11) is 0. The number of anilines is 1. The van der Waals surface area contributed by atoms with Gasteiger partial charge < -0.3 is 20.9 Å². The molecule has 0 unspecified atom stereocenters. The van der Waals surface area contributed by atoms with Gasteiger partial charge in [-0.15, -0.1) is 0 Å². The fourth-order valence-electron chi connectivity index (χ4n) is 6.01. The summed E-state index contributed by atoms with van der Waals surface area (Å²) in [5, 5.41) is 15.0. The number of amides is 2. The topological polar surface area (TPSA) is 117 Å². The van der Waals surface area contributed by atoms with E-state index >= 15 is 0 Å². The van der Waals surface area contributed by atoms with Gasteiger partial charge in [-0.1, -0.05) is 27.2 Å². The average Bonchev–Trinajstić information content (AvgIpc) is 3.38. The minimum absolute atomic E-state index is 0.00223. The Bertz CT molecular complexity index is 1120. The summed E-state index contributed by atoms with van der Waals surface area (Å²) in [6, 6.07) is 1.83. The van der Waals surface area contributed by atoms with E-state index in [2.05, 4.69) is 67.5 Å². The van der Waals surface area contributed by atoms with E-state index in [0.29, 0.717) is 25.0 Å². The quantitative estimate of drug-likeness (QED) is 0.498. The maximum absolute atomic E-state index is 13.6. The number of carbonyl (C=O) groups is 2. The lowest BCUT2D eigenvalue weighted by Gasteiger charge is -2.43. The normalized spacial score (nSPS) is 25.1. The van der Waals surface area contributed by atoms with Crippen molar-refractivity contribution in [2.45, 2.75) is 122 Å². The minimum atomic E-state index is -0.391. The van der Waals surface area contributed by atoms with Crippen LogP contribution in [0.15, 0.2) is 12.4 Å². The molecular weight excluding hydrogens is 468 g/mol. The third kappa shape index (κ3) is 6.22. The van der Waals surface area contributed by atoms with E-state index in [0.717, 1.165) is 43.4 Å². The number of fused-ring (bicyclic) bond motifs is 1. The van der Waals surface area contributed by atoms with E-state index in [9.17, 15) is 9.59 Å². The second kappa shape index (κ2) is 10.6. The SMILES string of the molecule is CCCC(C)(C)c1cc2ncnc(N[C@H]3CCN([C@H]4CC[C@@H](NC(C)(C)C)C[C@H]4NC(C)=O)C3=O)n2n1. The Kier molecular flexibility index (Phi) is 7.78. The smallest absolute Gasteiger partial charge is 0.245 e. The average molecular weight is 513 g/mol. The van der Waals surface area contributed by atoms with E-state index in [1.54, 1.807) is 11.4 Å². The Labute approximate surface area is 220 Å². The molecule has 3 heterocycles. The van der Waals surface area contributed by atoms with Crippen LogP contribution in [0.5, 0.6) is 0 Å². The van der Waals surface area contributed by atoms with Crippen molar-refractivity contribution in [1.29, 1.82) is 0 Å². The number of hydrogen-bond donors (Lipinski definition) is 3. The fourth-order valence-corrected chi connectivity index (χ4v) is 6.01. The summed E-state index contributed by atoms with van der Waals surface area (Å²) in [5.41, 5.74) is 1.61. The van der Waals surface area contributed by atoms with Crippen LogP contribution < -0.4 is 16.0 Å². The Morgan fingerprint density at radius 2 is 1.89 bits per heavy atom. The summed E-state index contributed by atoms with van der Waals surface area (Å²) in [6.07, 6.45) is 6.90. The largest absolute Gasteiger partial charge is 0.351 e. The second-order valence-corrected chi connectivity index (χ2v) is 12.4. The molecule has 2 amide bonds. The van der Waals surface area contributed by atoms with Gasteiger partial charge in [-0.2, -0.15) is 9.61 Å². The Hall–Kier alpha value is -2.75. The molecule has 1 aliphatic carbocycles. The number of nitrogens with zero attached hydrogens (tertiary/aromatic N) is 5. The Morgan fingerprint density at radius 3 is 2.57 bits per heavy atom. The molecular formula is C27H44N8O2. The zero-order valence-corrected chi connectivity index (χ0v) is 23.5. The number of aromatic nitrogens is 4. The van der Waals surface area contributed by atoms with Crippen LogP contribution in [0, 0.1) is 0 Å². The summed E-state index contributed by atoms with van der Waals surface area (Å²) >= 11 is 0. The molecule has 1 aliphatic heterocycles. The lowest BCUT2D eigenvalue weighted by Crippen LogP contribution is -2.59. The maximum Gasteiger partial charge on any atom is 0.245 e. The summed E-state index contributed by atoms with van der Waals surface area (Å²) in [4.78, 5) is 36.4. The van der Waals surface area contributed by atoms with Crippen LogP contribution in [0.4, 0.5) is 5.95 Å². The van der Waals surface area contributed by atoms with Crippen molar-refractivity contribution in [3.63, 3.8) is 0 Å². The molecule has 1 saturated carbocycles. The first-order valence-electron chi connectivity index (χ1n) is 13.7. The molecule has 3 N–H and O–H groups in total. The van der Waals surface area contributed by atoms with Gasteiger partial charge in [-0.05, 0) is 52.9 Å². The predicted octanol–water partition coefficient (Wildman–Crippen LogP) is 3.03. The predicted molar refractivity (Wildman–Crippen MR) is 144 cm³/mol. The maximum atomic E-state index is 13.6. The number of rotatable bonds is 8. The number of carbonyl (C=O) groups excluding carboxylic acids is 2. The van der Waals surface area contributed by atoms with Gasteiger partial charge in [0.2, 0.25) is 17.8 Å². The zero-order valence-electron chi connectivity index (χ0n) is 23.5. The fraction of sp³-hybridized carbons (Fsp3) is 0.741. The Morgan fingerprint density at radius 1 is 1.14 bits per heavy atom. The molecule has 4 atom stereocenters. The van der Waals surface area contributed by atoms with Crippen LogP contribution in [0.2, 0.25) is 0 Å². The highest BCUT2D eigenvalue weighted by Gasteiger charge is 2.42. The van der Waals surface area contributed by atoms with E-state index in [1.807, 2.05) is 11.0 Å². The highest BCUT2D eigenvalue weighted by molar-refractivity contribution is 5.87. The van der Waals surface area contributed by atoms with Crippen LogP contribution in [0.3, 0.4) is 0 Å². The van der Waals surface area contributed by atoms with Crippen LogP contribution in [-0.4, -0.2) is 72.5 Å². The molecule has 0 radical (unpaired) electrons. The summed E-state index contributed by atoms with van der Waals surface area (Å²) in [6.45, 7) is 15.2. The van der Waals surface area contributed by atoms with Crippen molar-refractivity contribution in [2.75, 3.05) is 11.9 Å². The molecule has 2 aliphatic rings. The first-order chi connectivity index (χ1) is 17.4. The van der Waals surface area contributed by atoms with Gasteiger partial charge in [-0.3, -0.25) is 9.59 Å². The standard InChI is InChI=1S/C27H44N8O2/c1-8-12-27(6,7)22-15-23-28-16-29-25(35(23)33-22)31-19-11-13-34(24(19)37)21-10-9-18(32-26(3,4)5)14-20(21)30-17(2)36/h15-16,18-21,32H,8-14H2,1-7H3,(H,30,36)(H,28,29,31)/t18-,19+,20-,21+/m1/s1. The van der Waals surface area contributed by atoms with E-state index in [-0.39, 0.29) is 34.9 Å². The molecule has 0 aromatic carbocycles. The first-order valence-corrected chi connectivity index (χ1v) is 13.7. The van der Waals surface area contributed by atoms with Gasteiger partial charge in [0.05, 0.1) is 17.8 Å². The van der Waals surface area contributed by atoms with E-state index < -0.39 is 6.04 Å². The number of likely N-dealkylation sites (tertiary alicyclic amines) is 1. The molecule has 10 nitrogen and oxygen atoms in total. The van der Waals surface area contributed by atoms with Crippen LogP contribution >= 0.6 is 0 Å². The highest BCUT2D eigenvalue weighted by atomic mass is 16.2. The lowest BCUT2D eigenvalue weighted by atomic mass is 9.84. The monoisotopic (exact) mass is 512 g/mol. The lowest BCUT2D eigenvalue weighted by molar-refractivity contribution is -0.132. The molecule has 2 aromatic heterocycles. The molecule has 0 spiro atoms. The van der Waals surface area contributed by atoms with Crippen LogP contribution in [0.1, 0.15) is 92.7 Å². The molecule has 0 bridgehead atoms. The number of hydrogen-bond acceptors (Lipinski definition) is 7. The zero-order chi connectivity index (χ0) is 27.0. The summed E-state index contributed by atoms with van der Waals surface area (Å²) < 4.78 is 1.71.